The topological polar surface area (TPSA) is 0 Å². The van der Waals surface area contributed by atoms with Crippen molar-refractivity contribution in [1.82, 2.24) is 0 Å². The normalized spacial score (nSPS) is 11.3. The summed E-state index contributed by atoms with van der Waals surface area (Å²) >= 11 is 9.57. The summed E-state index contributed by atoms with van der Waals surface area (Å²) in [6.07, 6.45) is 0. The first-order valence-electron chi connectivity index (χ1n) is 5.92. The van der Waals surface area contributed by atoms with Crippen LogP contribution in [0.25, 0.3) is 0 Å². The fraction of sp³-hybridized carbons (Fsp3) is 0.188. The first-order chi connectivity index (χ1) is 8.53. The highest BCUT2D eigenvalue weighted by Gasteiger charge is 2.25. The van der Waals surface area contributed by atoms with E-state index in [1.165, 1.54) is 11.1 Å². The molecule has 2 aromatic carbocycles. The third-order valence-electron chi connectivity index (χ3n) is 3.33. The SMILES string of the molecule is CC(C)(c1ccccc1)c1ccccc1C(=S)S. The molecule has 0 spiro atoms. The van der Waals surface area contributed by atoms with Gasteiger partial charge in [0.2, 0.25) is 0 Å². The number of benzene rings is 2. The maximum Gasteiger partial charge on any atom is 0.0750 e. The van der Waals surface area contributed by atoms with Crippen LogP contribution in [-0.2, 0) is 5.41 Å². The second kappa shape index (κ2) is 5.25. The summed E-state index contributed by atoms with van der Waals surface area (Å²) in [5.74, 6) is 0. The summed E-state index contributed by atoms with van der Waals surface area (Å²) in [4.78, 5) is 0. The van der Waals surface area contributed by atoms with Gasteiger partial charge in [-0.15, -0.1) is 12.6 Å². The minimum absolute atomic E-state index is 0.0787. The van der Waals surface area contributed by atoms with Crippen molar-refractivity contribution in [3.63, 3.8) is 0 Å². The molecule has 0 aliphatic rings. The molecule has 0 amide bonds. The van der Waals surface area contributed by atoms with E-state index in [1.54, 1.807) is 0 Å². The van der Waals surface area contributed by atoms with Crippen molar-refractivity contribution in [2.75, 3.05) is 0 Å². The van der Waals surface area contributed by atoms with Crippen LogP contribution in [0.5, 0.6) is 0 Å². The Balaban J connectivity index is 2.58. The molecule has 2 aromatic rings. The monoisotopic (exact) mass is 272 g/mol. The van der Waals surface area contributed by atoms with Gasteiger partial charge in [0.25, 0.3) is 0 Å². The van der Waals surface area contributed by atoms with Gasteiger partial charge in [0.15, 0.2) is 0 Å². The summed E-state index contributed by atoms with van der Waals surface area (Å²) in [5, 5.41) is 0. The molecule has 0 saturated heterocycles. The Morgan fingerprint density at radius 2 is 1.50 bits per heavy atom. The third-order valence-corrected chi connectivity index (χ3v) is 3.79. The molecule has 0 nitrogen and oxygen atoms in total. The molecular weight excluding hydrogens is 256 g/mol. The van der Waals surface area contributed by atoms with Gasteiger partial charge in [-0.05, 0) is 11.1 Å². The van der Waals surface area contributed by atoms with E-state index in [-0.39, 0.29) is 5.41 Å². The zero-order chi connectivity index (χ0) is 13.2. The Kier molecular flexibility index (Phi) is 3.88. The molecule has 0 heterocycles. The Bertz CT molecular complexity index is 556. The minimum Gasteiger partial charge on any atom is -0.131 e. The van der Waals surface area contributed by atoms with Gasteiger partial charge in [-0.3, -0.25) is 0 Å². The Morgan fingerprint density at radius 1 is 0.944 bits per heavy atom. The van der Waals surface area contributed by atoms with Gasteiger partial charge in [0, 0.05) is 11.0 Å². The standard InChI is InChI=1S/C16H16S2/c1-16(2,12-8-4-3-5-9-12)14-11-7-6-10-13(14)15(17)18/h3-11H,1-2H3,(H,17,18). The van der Waals surface area contributed by atoms with Crippen LogP contribution in [0.2, 0.25) is 0 Å². The van der Waals surface area contributed by atoms with Crippen LogP contribution < -0.4 is 0 Å². The van der Waals surface area contributed by atoms with E-state index in [4.69, 9.17) is 12.2 Å². The van der Waals surface area contributed by atoms with Gasteiger partial charge in [0.05, 0.1) is 4.20 Å². The van der Waals surface area contributed by atoms with Gasteiger partial charge in [-0.1, -0.05) is 80.7 Å². The van der Waals surface area contributed by atoms with Gasteiger partial charge < -0.3 is 0 Å². The summed E-state index contributed by atoms with van der Waals surface area (Å²) in [6, 6.07) is 18.7. The molecule has 0 atom stereocenters. The molecule has 0 bridgehead atoms. The lowest BCUT2D eigenvalue weighted by atomic mass is 9.76. The van der Waals surface area contributed by atoms with E-state index in [0.717, 1.165) is 5.56 Å². The van der Waals surface area contributed by atoms with Crippen LogP contribution in [-0.4, -0.2) is 4.20 Å². The second-order valence-corrected chi connectivity index (χ2v) is 6.00. The molecule has 0 aliphatic carbocycles. The molecule has 0 unspecified atom stereocenters. The Morgan fingerprint density at radius 3 is 2.11 bits per heavy atom. The van der Waals surface area contributed by atoms with Crippen molar-refractivity contribution in [2.45, 2.75) is 19.3 Å². The number of rotatable bonds is 3. The molecule has 0 fully saturated rings. The first-order valence-corrected chi connectivity index (χ1v) is 6.77. The fourth-order valence-electron chi connectivity index (χ4n) is 2.22. The van der Waals surface area contributed by atoms with Crippen LogP contribution in [0, 0.1) is 0 Å². The number of thiocarbonyl (C=S) groups is 1. The van der Waals surface area contributed by atoms with E-state index < -0.39 is 0 Å². The van der Waals surface area contributed by atoms with Crippen LogP contribution >= 0.6 is 24.8 Å². The molecule has 18 heavy (non-hydrogen) atoms. The number of thiol groups is 1. The van der Waals surface area contributed by atoms with Crippen molar-refractivity contribution < 1.29 is 0 Å². The molecule has 2 heteroatoms. The predicted molar refractivity (Wildman–Crippen MR) is 85.7 cm³/mol. The van der Waals surface area contributed by atoms with Gasteiger partial charge in [0.1, 0.15) is 0 Å². The van der Waals surface area contributed by atoms with Gasteiger partial charge in [-0.2, -0.15) is 0 Å². The van der Waals surface area contributed by atoms with Crippen LogP contribution in [0.15, 0.2) is 54.6 Å². The van der Waals surface area contributed by atoms with E-state index in [9.17, 15) is 0 Å². The average Bonchev–Trinajstić information content (AvgIpc) is 2.39. The summed E-state index contributed by atoms with van der Waals surface area (Å²) in [6.45, 7) is 4.43. The minimum atomic E-state index is -0.0787. The van der Waals surface area contributed by atoms with E-state index >= 15 is 0 Å². The molecular formula is C16H16S2. The van der Waals surface area contributed by atoms with Crippen molar-refractivity contribution >= 4 is 29.0 Å². The molecule has 0 aliphatic heterocycles. The number of hydrogen-bond donors (Lipinski definition) is 1. The largest absolute Gasteiger partial charge is 0.131 e. The Hall–Kier alpha value is -1.12. The quantitative estimate of drug-likeness (QED) is 0.628. The fourth-order valence-corrected chi connectivity index (χ4v) is 2.60. The molecule has 0 N–H and O–H groups in total. The van der Waals surface area contributed by atoms with Crippen molar-refractivity contribution in [3.05, 3.63) is 71.3 Å². The highest BCUT2D eigenvalue weighted by Crippen LogP contribution is 2.34. The first kappa shape index (κ1) is 13.3. The van der Waals surface area contributed by atoms with E-state index in [1.807, 2.05) is 18.2 Å². The highest BCUT2D eigenvalue weighted by atomic mass is 32.1. The van der Waals surface area contributed by atoms with Crippen molar-refractivity contribution in [3.8, 4) is 0 Å². The third kappa shape index (κ3) is 2.50. The average molecular weight is 272 g/mol. The molecule has 0 radical (unpaired) electrons. The zero-order valence-electron chi connectivity index (χ0n) is 10.6. The predicted octanol–water partition coefficient (Wildman–Crippen LogP) is 4.62. The maximum atomic E-state index is 5.23. The Labute approximate surface area is 119 Å². The van der Waals surface area contributed by atoms with Crippen molar-refractivity contribution in [1.29, 1.82) is 0 Å². The van der Waals surface area contributed by atoms with Crippen LogP contribution in [0.3, 0.4) is 0 Å². The van der Waals surface area contributed by atoms with Gasteiger partial charge in [-0.25, -0.2) is 0 Å². The zero-order valence-corrected chi connectivity index (χ0v) is 12.3. The molecule has 2 rings (SSSR count). The summed E-state index contributed by atoms with van der Waals surface area (Å²) in [5.41, 5.74) is 3.47. The lowest BCUT2D eigenvalue weighted by Gasteiger charge is -2.28. The molecule has 0 aromatic heterocycles. The van der Waals surface area contributed by atoms with E-state index in [0.29, 0.717) is 4.20 Å². The summed E-state index contributed by atoms with van der Waals surface area (Å²) < 4.78 is 0.648. The smallest absolute Gasteiger partial charge is 0.0750 e. The molecule has 0 saturated carbocycles. The number of hydrogen-bond acceptors (Lipinski definition) is 1. The van der Waals surface area contributed by atoms with Crippen molar-refractivity contribution in [2.24, 2.45) is 0 Å². The van der Waals surface area contributed by atoms with Crippen LogP contribution in [0.4, 0.5) is 0 Å². The van der Waals surface area contributed by atoms with E-state index in [2.05, 4.69) is 62.9 Å². The molecule has 92 valence electrons. The van der Waals surface area contributed by atoms with Crippen LogP contribution in [0.1, 0.15) is 30.5 Å². The highest BCUT2D eigenvalue weighted by molar-refractivity contribution is 8.11. The lowest BCUT2D eigenvalue weighted by molar-refractivity contribution is 0.640. The lowest BCUT2D eigenvalue weighted by Crippen LogP contribution is -2.21. The second-order valence-electron chi connectivity index (χ2n) is 4.84. The summed E-state index contributed by atoms with van der Waals surface area (Å²) in [7, 11) is 0. The van der Waals surface area contributed by atoms with Gasteiger partial charge >= 0.3 is 0 Å². The maximum absolute atomic E-state index is 5.23.